The standard InChI is InChI=1S/C34H45N5O2/c1-3-25-9-4-10-26-11-5-13-30(31(25)26)37-20-14-28-29(22-37)35-33(41-23-34-15-7-18-39(34)19-8-16-34)36-32(28)38-17-6-12-27(21-38)24(2)40/h4-5,9-11,13,24,27,40H,3,6-8,12,14-23H2,1-2H3. The van der Waals surface area contributed by atoms with Crippen molar-refractivity contribution in [1.29, 1.82) is 0 Å². The molecule has 0 bridgehead atoms. The van der Waals surface area contributed by atoms with E-state index in [1.54, 1.807) is 0 Å². The molecular formula is C34H45N5O2. The summed E-state index contributed by atoms with van der Waals surface area (Å²) in [5.74, 6) is 1.31. The first-order valence-electron chi connectivity index (χ1n) is 16.0. The second-order valence-corrected chi connectivity index (χ2v) is 12.9. The quantitative estimate of drug-likeness (QED) is 0.421. The van der Waals surface area contributed by atoms with E-state index in [1.165, 1.54) is 66.4 Å². The van der Waals surface area contributed by atoms with Crippen LogP contribution in [0.2, 0.25) is 0 Å². The smallest absolute Gasteiger partial charge is 0.318 e. The Kier molecular flexibility index (Phi) is 7.28. The number of fused-ring (bicyclic) bond motifs is 3. The Hall–Kier alpha value is -2.90. The summed E-state index contributed by atoms with van der Waals surface area (Å²) in [4.78, 5) is 17.8. The Morgan fingerprint density at radius 3 is 2.59 bits per heavy atom. The van der Waals surface area contributed by atoms with Crippen LogP contribution < -0.4 is 14.5 Å². The van der Waals surface area contributed by atoms with E-state index in [9.17, 15) is 5.11 Å². The van der Waals surface area contributed by atoms with Crippen LogP contribution in [0.5, 0.6) is 6.01 Å². The van der Waals surface area contributed by atoms with Gasteiger partial charge in [-0.1, -0.05) is 37.3 Å². The summed E-state index contributed by atoms with van der Waals surface area (Å²) in [7, 11) is 0. The molecule has 4 aliphatic rings. The van der Waals surface area contributed by atoms with Gasteiger partial charge in [0.2, 0.25) is 0 Å². The van der Waals surface area contributed by atoms with Gasteiger partial charge < -0.3 is 19.6 Å². The molecule has 7 rings (SSSR count). The molecule has 218 valence electrons. The van der Waals surface area contributed by atoms with Gasteiger partial charge >= 0.3 is 6.01 Å². The van der Waals surface area contributed by atoms with Gasteiger partial charge in [0.1, 0.15) is 12.4 Å². The van der Waals surface area contributed by atoms with Crippen molar-refractivity contribution in [3.63, 3.8) is 0 Å². The maximum atomic E-state index is 10.4. The number of hydrogen-bond acceptors (Lipinski definition) is 7. The van der Waals surface area contributed by atoms with Crippen LogP contribution in [0.4, 0.5) is 11.5 Å². The molecule has 2 aromatic carbocycles. The number of aliphatic hydroxyl groups excluding tert-OH is 1. The summed E-state index contributed by atoms with van der Waals surface area (Å²) in [6.07, 6.45) is 8.69. The molecule has 4 aliphatic heterocycles. The number of piperidine rings is 1. The number of aromatic nitrogens is 2. The lowest BCUT2D eigenvalue weighted by atomic mass is 9.92. The number of hydrogen-bond donors (Lipinski definition) is 1. The number of anilines is 2. The Bertz CT molecular complexity index is 1390. The minimum atomic E-state index is -0.310. The minimum absolute atomic E-state index is 0.160. The summed E-state index contributed by atoms with van der Waals surface area (Å²) in [6, 6.07) is 13.9. The van der Waals surface area contributed by atoms with Crippen molar-refractivity contribution in [1.82, 2.24) is 14.9 Å². The number of aryl methyl sites for hydroxylation is 1. The van der Waals surface area contributed by atoms with E-state index >= 15 is 0 Å². The second kappa shape index (κ2) is 11.1. The Morgan fingerprint density at radius 2 is 1.80 bits per heavy atom. The molecule has 2 unspecified atom stereocenters. The highest BCUT2D eigenvalue weighted by Gasteiger charge is 2.45. The first-order chi connectivity index (χ1) is 20.0. The predicted octanol–water partition coefficient (Wildman–Crippen LogP) is 5.36. The topological polar surface area (TPSA) is 65.0 Å². The van der Waals surface area contributed by atoms with Gasteiger partial charge in [0.05, 0.1) is 23.9 Å². The van der Waals surface area contributed by atoms with Gasteiger partial charge in [-0.25, -0.2) is 0 Å². The molecule has 7 nitrogen and oxygen atoms in total. The fraction of sp³-hybridized carbons (Fsp3) is 0.588. The Balaban J connectivity index is 1.24. The van der Waals surface area contributed by atoms with Gasteiger partial charge in [-0.05, 0) is 88.4 Å². The van der Waals surface area contributed by atoms with Crippen LogP contribution in [0.3, 0.4) is 0 Å². The van der Waals surface area contributed by atoms with Crippen molar-refractivity contribution >= 4 is 22.3 Å². The van der Waals surface area contributed by atoms with Crippen LogP contribution in [0.1, 0.15) is 69.2 Å². The number of nitrogens with zero attached hydrogens (tertiary/aromatic N) is 5. The number of rotatable bonds is 7. The van der Waals surface area contributed by atoms with Gasteiger partial charge in [0, 0.05) is 42.2 Å². The van der Waals surface area contributed by atoms with Crippen LogP contribution in [0.15, 0.2) is 36.4 Å². The maximum Gasteiger partial charge on any atom is 0.318 e. The third-order valence-corrected chi connectivity index (χ3v) is 10.4. The number of benzene rings is 2. The monoisotopic (exact) mass is 555 g/mol. The van der Waals surface area contributed by atoms with E-state index in [4.69, 9.17) is 14.7 Å². The second-order valence-electron chi connectivity index (χ2n) is 12.9. The van der Waals surface area contributed by atoms with E-state index < -0.39 is 0 Å². The number of aliphatic hydroxyl groups is 1. The SMILES string of the molecule is CCc1cccc2cccc(N3CCc4c(nc(OCC56CCCN5CCC6)nc4N4CCCC(C(C)O)C4)C3)c12. The molecule has 5 heterocycles. The summed E-state index contributed by atoms with van der Waals surface area (Å²) in [5, 5.41) is 13.1. The third kappa shape index (κ3) is 4.95. The zero-order valence-electron chi connectivity index (χ0n) is 24.8. The third-order valence-electron chi connectivity index (χ3n) is 10.4. The largest absolute Gasteiger partial charge is 0.461 e. The first kappa shape index (κ1) is 27.0. The molecule has 0 aliphatic carbocycles. The van der Waals surface area contributed by atoms with Crippen molar-refractivity contribution in [3.8, 4) is 6.01 Å². The molecule has 7 heteroatoms. The summed E-state index contributed by atoms with van der Waals surface area (Å²) < 4.78 is 6.56. The van der Waals surface area contributed by atoms with Gasteiger partial charge in [-0.3, -0.25) is 4.90 Å². The van der Waals surface area contributed by atoms with Crippen LogP contribution in [0.25, 0.3) is 10.8 Å². The van der Waals surface area contributed by atoms with Gasteiger partial charge in [-0.15, -0.1) is 0 Å². The van der Waals surface area contributed by atoms with Crippen molar-refractivity contribution in [3.05, 3.63) is 53.2 Å². The van der Waals surface area contributed by atoms with Crippen molar-refractivity contribution in [2.75, 3.05) is 49.1 Å². The van der Waals surface area contributed by atoms with Crippen LogP contribution in [-0.4, -0.2) is 70.9 Å². The lowest BCUT2D eigenvalue weighted by Crippen LogP contribution is -2.44. The zero-order chi connectivity index (χ0) is 28.0. The van der Waals surface area contributed by atoms with E-state index in [2.05, 4.69) is 58.0 Å². The highest BCUT2D eigenvalue weighted by atomic mass is 16.5. The van der Waals surface area contributed by atoms with E-state index in [-0.39, 0.29) is 17.6 Å². The molecule has 41 heavy (non-hydrogen) atoms. The lowest BCUT2D eigenvalue weighted by molar-refractivity contribution is 0.107. The van der Waals surface area contributed by atoms with Crippen molar-refractivity contribution in [2.45, 2.75) is 83.4 Å². The summed E-state index contributed by atoms with van der Waals surface area (Å²) in [5.41, 5.74) is 5.21. The zero-order valence-corrected chi connectivity index (χ0v) is 24.8. The van der Waals surface area contributed by atoms with Gasteiger partial charge in [0.15, 0.2) is 0 Å². The normalized spacial score (nSPS) is 23.0. The molecular weight excluding hydrogens is 510 g/mol. The van der Waals surface area contributed by atoms with Gasteiger partial charge in [0.25, 0.3) is 0 Å². The van der Waals surface area contributed by atoms with Gasteiger partial charge in [-0.2, -0.15) is 9.97 Å². The highest BCUT2D eigenvalue weighted by molar-refractivity contribution is 5.97. The van der Waals surface area contributed by atoms with Crippen LogP contribution >= 0.6 is 0 Å². The molecule has 3 saturated heterocycles. The molecule has 0 radical (unpaired) electrons. The molecule has 2 atom stereocenters. The van der Waals surface area contributed by atoms with Crippen LogP contribution in [-0.2, 0) is 19.4 Å². The minimum Gasteiger partial charge on any atom is -0.461 e. The Labute approximate surface area is 244 Å². The Morgan fingerprint density at radius 1 is 1.00 bits per heavy atom. The van der Waals surface area contributed by atoms with Crippen molar-refractivity contribution < 1.29 is 9.84 Å². The number of ether oxygens (including phenoxy) is 1. The fourth-order valence-corrected chi connectivity index (χ4v) is 8.13. The molecule has 0 amide bonds. The summed E-state index contributed by atoms with van der Waals surface area (Å²) in [6.45, 7) is 10.7. The molecule has 1 N–H and O–H groups in total. The molecule has 3 fully saturated rings. The predicted molar refractivity (Wildman–Crippen MR) is 165 cm³/mol. The average molecular weight is 556 g/mol. The molecule has 1 aromatic heterocycles. The first-order valence-corrected chi connectivity index (χ1v) is 16.0. The molecule has 3 aromatic rings. The molecule has 0 saturated carbocycles. The van der Waals surface area contributed by atoms with Crippen LogP contribution in [0, 0.1) is 5.92 Å². The van der Waals surface area contributed by atoms with E-state index in [0.29, 0.717) is 12.6 Å². The highest BCUT2D eigenvalue weighted by Crippen LogP contribution is 2.40. The average Bonchev–Trinajstić information content (AvgIpc) is 3.59. The molecule has 0 spiro atoms. The fourth-order valence-electron chi connectivity index (χ4n) is 8.13. The maximum absolute atomic E-state index is 10.4. The van der Waals surface area contributed by atoms with Crippen molar-refractivity contribution in [2.24, 2.45) is 5.92 Å². The van der Waals surface area contributed by atoms with E-state index in [1.807, 2.05) is 6.92 Å². The van der Waals surface area contributed by atoms with E-state index in [0.717, 1.165) is 63.4 Å². The lowest BCUT2D eigenvalue weighted by Gasteiger charge is -2.38. The summed E-state index contributed by atoms with van der Waals surface area (Å²) >= 11 is 0.